The molecular weight excluding hydrogens is 396 g/mol. The molecule has 0 aliphatic heterocycles. The molecule has 0 radical (unpaired) electrons. The predicted molar refractivity (Wildman–Crippen MR) is 113 cm³/mol. The molecule has 0 aromatic heterocycles. The van der Waals surface area contributed by atoms with Gasteiger partial charge in [0.05, 0.1) is 22.2 Å². The second-order valence-corrected chi connectivity index (χ2v) is 6.90. The van der Waals surface area contributed by atoms with Gasteiger partial charge in [0, 0.05) is 18.2 Å². The van der Waals surface area contributed by atoms with Crippen molar-refractivity contribution in [3.63, 3.8) is 0 Å². The van der Waals surface area contributed by atoms with Crippen LogP contribution >= 0.6 is 11.6 Å². The monoisotopic (exact) mass is 420 g/mol. The number of ether oxygens (including phenoxy) is 2. The quantitative estimate of drug-likeness (QED) is 0.273. The SMILES string of the molecule is CCCCCCCOc1cccc(OCC(=O)Nc2cc([N+](=O)[O-])ccc2Cl)c1. The van der Waals surface area contributed by atoms with E-state index in [1.165, 1.54) is 37.5 Å². The third-order valence-electron chi connectivity index (χ3n) is 4.13. The van der Waals surface area contributed by atoms with Gasteiger partial charge in [-0.1, -0.05) is 50.3 Å². The number of amides is 1. The molecule has 1 N–H and O–H groups in total. The number of carbonyl (C=O) groups is 1. The molecule has 0 heterocycles. The minimum absolute atomic E-state index is 0.162. The molecule has 8 heteroatoms. The van der Waals surface area contributed by atoms with Gasteiger partial charge in [-0.25, -0.2) is 0 Å². The third kappa shape index (κ3) is 7.99. The highest BCUT2D eigenvalue weighted by Gasteiger charge is 2.12. The molecule has 156 valence electrons. The van der Waals surface area contributed by atoms with Crippen molar-refractivity contribution in [1.29, 1.82) is 0 Å². The number of hydrogen-bond acceptors (Lipinski definition) is 5. The molecule has 0 aliphatic carbocycles. The average molecular weight is 421 g/mol. The summed E-state index contributed by atoms with van der Waals surface area (Å²) in [5.41, 5.74) is -0.000198. The number of nitro benzene ring substituents is 1. The Hall–Kier alpha value is -2.80. The number of rotatable bonds is 12. The highest BCUT2D eigenvalue weighted by atomic mass is 35.5. The number of anilines is 1. The Bertz CT molecular complexity index is 828. The minimum atomic E-state index is -0.558. The standard InChI is InChI=1S/C21H25ClN2O5/c1-2-3-4-5-6-12-28-17-8-7-9-18(14-17)29-15-21(25)23-20-13-16(24(26)27)10-11-19(20)22/h7-11,13-14H,2-6,12,15H2,1H3,(H,23,25). The second kappa shape index (κ2) is 11.9. The molecular formula is C21H25ClN2O5. The van der Waals surface area contributed by atoms with Gasteiger partial charge in [-0.3, -0.25) is 14.9 Å². The zero-order valence-corrected chi connectivity index (χ0v) is 17.1. The van der Waals surface area contributed by atoms with Crippen LogP contribution in [0.3, 0.4) is 0 Å². The molecule has 0 aliphatic rings. The van der Waals surface area contributed by atoms with Crippen LogP contribution in [0.15, 0.2) is 42.5 Å². The number of unbranched alkanes of at least 4 members (excludes halogenated alkanes) is 4. The van der Waals surface area contributed by atoms with Gasteiger partial charge in [0.15, 0.2) is 6.61 Å². The number of nitro groups is 1. The van der Waals surface area contributed by atoms with Gasteiger partial charge in [0.1, 0.15) is 11.5 Å². The van der Waals surface area contributed by atoms with Crippen molar-refractivity contribution in [1.82, 2.24) is 0 Å². The van der Waals surface area contributed by atoms with E-state index in [2.05, 4.69) is 12.2 Å². The summed E-state index contributed by atoms with van der Waals surface area (Å²) in [4.78, 5) is 22.4. The maximum Gasteiger partial charge on any atom is 0.271 e. The van der Waals surface area contributed by atoms with Crippen molar-refractivity contribution in [3.05, 3.63) is 57.6 Å². The lowest BCUT2D eigenvalue weighted by Gasteiger charge is -2.10. The fourth-order valence-corrected chi connectivity index (χ4v) is 2.77. The maximum absolute atomic E-state index is 12.1. The Morgan fingerprint density at radius 1 is 1.07 bits per heavy atom. The largest absolute Gasteiger partial charge is 0.493 e. The van der Waals surface area contributed by atoms with Crippen LogP contribution in [0.1, 0.15) is 39.0 Å². The zero-order chi connectivity index (χ0) is 21.1. The first kappa shape index (κ1) is 22.5. The van der Waals surface area contributed by atoms with Crippen molar-refractivity contribution in [3.8, 4) is 11.5 Å². The topological polar surface area (TPSA) is 90.7 Å². The summed E-state index contributed by atoms with van der Waals surface area (Å²) in [6.45, 7) is 2.55. The van der Waals surface area contributed by atoms with Crippen LogP contribution in [0.25, 0.3) is 0 Å². The number of halogens is 1. The molecule has 0 spiro atoms. The molecule has 0 saturated heterocycles. The number of nitrogens with one attached hydrogen (secondary N) is 1. The first-order valence-corrected chi connectivity index (χ1v) is 9.97. The van der Waals surface area contributed by atoms with E-state index in [0.717, 1.165) is 12.8 Å². The summed E-state index contributed by atoms with van der Waals surface area (Å²) in [6, 6.07) is 10.9. The van der Waals surface area contributed by atoms with Gasteiger partial charge in [0.25, 0.3) is 11.6 Å². The molecule has 2 aromatic carbocycles. The van der Waals surface area contributed by atoms with Gasteiger partial charge >= 0.3 is 0 Å². The lowest BCUT2D eigenvalue weighted by Crippen LogP contribution is -2.20. The summed E-state index contributed by atoms with van der Waals surface area (Å²) in [6.07, 6.45) is 5.81. The average Bonchev–Trinajstić information content (AvgIpc) is 2.71. The van der Waals surface area contributed by atoms with Crippen LogP contribution < -0.4 is 14.8 Å². The van der Waals surface area contributed by atoms with E-state index in [0.29, 0.717) is 18.1 Å². The van der Waals surface area contributed by atoms with Crippen LogP contribution in [0.5, 0.6) is 11.5 Å². The van der Waals surface area contributed by atoms with Crippen molar-refractivity contribution in [2.24, 2.45) is 0 Å². The molecule has 2 aromatic rings. The summed E-state index contributed by atoms with van der Waals surface area (Å²) >= 11 is 5.98. The van der Waals surface area contributed by atoms with Crippen LogP contribution in [0.2, 0.25) is 5.02 Å². The van der Waals surface area contributed by atoms with Crippen LogP contribution in [0, 0.1) is 10.1 Å². The summed E-state index contributed by atoms with van der Waals surface area (Å²) in [5, 5.41) is 13.6. The third-order valence-corrected chi connectivity index (χ3v) is 4.46. The molecule has 1 amide bonds. The lowest BCUT2D eigenvalue weighted by atomic mass is 10.2. The van der Waals surface area contributed by atoms with E-state index >= 15 is 0 Å². The van der Waals surface area contributed by atoms with E-state index in [9.17, 15) is 14.9 Å². The van der Waals surface area contributed by atoms with E-state index in [1.807, 2.05) is 6.07 Å². The first-order chi connectivity index (χ1) is 14.0. The molecule has 0 saturated carbocycles. The first-order valence-electron chi connectivity index (χ1n) is 9.59. The Kier molecular flexibility index (Phi) is 9.24. The number of benzene rings is 2. The summed E-state index contributed by atoms with van der Waals surface area (Å²) in [7, 11) is 0. The number of non-ortho nitro benzene ring substituents is 1. The normalized spacial score (nSPS) is 10.4. The fourth-order valence-electron chi connectivity index (χ4n) is 2.61. The van der Waals surface area contributed by atoms with Gasteiger partial charge in [0.2, 0.25) is 0 Å². The molecule has 0 atom stereocenters. The number of carbonyl (C=O) groups excluding carboxylic acids is 1. The summed E-state index contributed by atoms with van der Waals surface area (Å²) in [5.74, 6) is 0.698. The minimum Gasteiger partial charge on any atom is -0.493 e. The Morgan fingerprint density at radius 2 is 1.79 bits per heavy atom. The highest BCUT2D eigenvalue weighted by Crippen LogP contribution is 2.26. The lowest BCUT2D eigenvalue weighted by molar-refractivity contribution is -0.384. The van der Waals surface area contributed by atoms with Crippen LogP contribution in [0.4, 0.5) is 11.4 Å². The predicted octanol–water partition coefficient (Wildman–Crippen LogP) is 5.61. The Morgan fingerprint density at radius 3 is 2.52 bits per heavy atom. The smallest absolute Gasteiger partial charge is 0.271 e. The Labute approximate surface area is 175 Å². The van der Waals surface area contributed by atoms with Gasteiger partial charge < -0.3 is 14.8 Å². The Balaban J connectivity index is 1.81. The van der Waals surface area contributed by atoms with Crippen molar-refractivity contribution in [2.45, 2.75) is 39.0 Å². The number of nitrogens with zero attached hydrogens (tertiary/aromatic N) is 1. The highest BCUT2D eigenvalue weighted by molar-refractivity contribution is 6.33. The molecule has 0 fully saturated rings. The van der Waals surface area contributed by atoms with Crippen LogP contribution in [-0.2, 0) is 4.79 Å². The van der Waals surface area contributed by atoms with Gasteiger partial charge in [-0.05, 0) is 24.6 Å². The van der Waals surface area contributed by atoms with Crippen molar-refractivity contribution < 1.29 is 19.2 Å². The second-order valence-electron chi connectivity index (χ2n) is 6.50. The van der Waals surface area contributed by atoms with Crippen molar-refractivity contribution in [2.75, 3.05) is 18.5 Å². The van der Waals surface area contributed by atoms with E-state index in [-0.39, 0.29) is 23.0 Å². The summed E-state index contributed by atoms with van der Waals surface area (Å²) < 4.78 is 11.2. The molecule has 29 heavy (non-hydrogen) atoms. The molecule has 7 nitrogen and oxygen atoms in total. The molecule has 0 unspecified atom stereocenters. The van der Waals surface area contributed by atoms with Crippen LogP contribution in [-0.4, -0.2) is 24.0 Å². The van der Waals surface area contributed by atoms with Crippen molar-refractivity contribution >= 4 is 28.9 Å². The molecule has 2 rings (SSSR count). The fraction of sp³-hybridized carbons (Fsp3) is 0.381. The maximum atomic E-state index is 12.1. The van der Waals surface area contributed by atoms with E-state index < -0.39 is 10.8 Å². The van der Waals surface area contributed by atoms with Gasteiger partial charge in [-0.15, -0.1) is 0 Å². The van der Waals surface area contributed by atoms with E-state index in [1.54, 1.807) is 18.2 Å². The zero-order valence-electron chi connectivity index (χ0n) is 16.4. The van der Waals surface area contributed by atoms with Gasteiger partial charge in [-0.2, -0.15) is 0 Å². The van der Waals surface area contributed by atoms with E-state index in [4.69, 9.17) is 21.1 Å². The number of hydrogen-bond donors (Lipinski definition) is 1. The molecule has 0 bridgehead atoms.